The molecule has 5 nitrogen and oxygen atoms in total. The molecule has 0 atom stereocenters. The van der Waals surface area contributed by atoms with Gasteiger partial charge in [-0.3, -0.25) is 0 Å². The third-order valence-corrected chi connectivity index (χ3v) is 6.27. The molecule has 1 aromatic heterocycles. The number of aromatic nitrogens is 1. The second-order valence-corrected chi connectivity index (χ2v) is 8.08. The Labute approximate surface area is 186 Å². The van der Waals surface area contributed by atoms with E-state index in [0.717, 1.165) is 42.9 Å². The summed E-state index contributed by atoms with van der Waals surface area (Å²) in [6, 6.07) is 22.9. The van der Waals surface area contributed by atoms with Crippen LogP contribution in [0.15, 0.2) is 66.2 Å². The first kappa shape index (κ1) is 19.9. The zero-order valence-electron chi connectivity index (χ0n) is 17.9. The minimum atomic E-state index is -1.20. The molecule has 5 heteroatoms. The van der Waals surface area contributed by atoms with E-state index in [1.807, 2.05) is 18.2 Å². The number of hydrogen-bond acceptors (Lipinski definition) is 3. The summed E-state index contributed by atoms with van der Waals surface area (Å²) in [7, 11) is 0. The van der Waals surface area contributed by atoms with Crippen LogP contribution in [0.3, 0.4) is 0 Å². The second kappa shape index (κ2) is 7.90. The quantitative estimate of drug-likeness (QED) is 0.329. The van der Waals surface area contributed by atoms with E-state index in [0.29, 0.717) is 0 Å². The van der Waals surface area contributed by atoms with E-state index in [9.17, 15) is 4.79 Å². The Morgan fingerprint density at radius 2 is 1.91 bits per heavy atom. The fourth-order valence-corrected chi connectivity index (χ4v) is 4.83. The molecule has 0 aliphatic carbocycles. The topological polar surface area (TPSA) is 69.3 Å². The summed E-state index contributed by atoms with van der Waals surface area (Å²) < 4.78 is 2.36. The molecular formula is C27H23N3O2. The van der Waals surface area contributed by atoms with E-state index in [1.54, 1.807) is 6.07 Å². The molecule has 0 spiro atoms. The predicted molar refractivity (Wildman–Crippen MR) is 128 cm³/mol. The molecule has 0 fully saturated rings. The third-order valence-electron chi connectivity index (χ3n) is 6.27. The zero-order chi connectivity index (χ0) is 22.2. The summed E-state index contributed by atoms with van der Waals surface area (Å²) in [4.78, 5) is 13.5. The monoisotopic (exact) mass is 421 g/mol. The van der Waals surface area contributed by atoms with Crippen LogP contribution >= 0.6 is 0 Å². The highest BCUT2D eigenvalue weighted by Gasteiger charge is 2.20. The maximum absolute atomic E-state index is 11.2. The van der Waals surface area contributed by atoms with E-state index < -0.39 is 5.97 Å². The summed E-state index contributed by atoms with van der Waals surface area (Å²) in [5.41, 5.74) is 6.44. The Morgan fingerprint density at radius 1 is 1.09 bits per heavy atom. The van der Waals surface area contributed by atoms with Gasteiger partial charge >= 0.3 is 5.97 Å². The summed E-state index contributed by atoms with van der Waals surface area (Å²) >= 11 is 0. The number of carboxylic acid groups (broad SMARTS) is 1. The number of para-hydroxylation sites is 1. The lowest BCUT2D eigenvalue weighted by Crippen LogP contribution is -2.24. The van der Waals surface area contributed by atoms with E-state index in [4.69, 9.17) is 10.4 Å². The van der Waals surface area contributed by atoms with Crippen molar-refractivity contribution in [2.75, 3.05) is 11.4 Å². The Morgan fingerprint density at radius 3 is 2.69 bits per heavy atom. The minimum absolute atomic E-state index is 0.254. The van der Waals surface area contributed by atoms with Crippen LogP contribution in [0.4, 0.5) is 11.4 Å². The first-order valence-electron chi connectivity index (χ1n) is 10.9. The molecule has 1 aliphatic rings. The molecule has 0 saturated heterocycles. The lowest BCUT2D eigenvalue weighted by atomic mass is 9.97. The summed E-state index contributed by atoms with van der Waals surface area (Å²) in [5.74, 6) is -1.20. The smallest absolute Gasteiger partial charge is 0.346 e. The van der Waals surface area contributed by atoms with Crippen LogP contribution in [0, 0.1) is 11.3 Å². The molecular weight excluding hydrogens is 398 g/mol. The lowest BCUT2D eigenvalue weighted by Gasteiger charge is -2.32. The fourth-order valence-electron chi connectivity index (χ4n) is 4.83. The Balaban J connectivity index is 1.59. The van der Waals surface area contributed by atoms with Gasteiger partial charge in [-0.15, -0.1) is 0 Å². The largest absolute Gasteiger partial charge is 0.477 e. The van der Waals surface area contributed by atoms with Gasteiger partial charge in [-0.2, -0.15) is 5.26 Å². The molecule has 1 aliphatic heterocycles. The maximum Gasteiger partial charge on any atom is 0.346 e. The van der Waals surface area contributed by atoms with Crippen LogP contribution < -0.4 is 4.90 Å². The van der Waals surface area contributed by atoms with Crippen LogP contribution in [0.25, 0.3) is 27.9 Å². The Bertz CT molecular complexity index is 1440. The molecule has 5 rings (SSSR count). The van der Waals surface area contributed by atoms with Gasteiger partial charge in [0, 0.05) is 40.8 Å². The summed E-state index contributed by atoms with van der Waals surface area (Å²) in [5, 5.41) is 20.7. The highest BCUT2D eigenvalue weighted by molar-refractivity contribution is 6.09. The third kappa shape index (κ3) is 3.21. The average Bonchev–Trinajstić information content (AvgIpc) is 3.14. The number of anilines is 2. The highest BCUT2D eigenvalue weighted by atomic mass is 16.4. The van der Waals surface area contributed by atoms with Crippen molar-refractivity contribution in [3.05, 3.63) is 77.4 Å². The number of fused-ring (bicyclic) bond motifs is 4. The van der Waals surface area contributed by atoms with Gasteiger partial charge in [0.05, 0.1) is 5.52 Å². The summed E-state index contributed by atoms with van der Waals surface area (Å²) in [6.07, 6.45) is 3.38. The van der Waals surface area contributed by atoms with Gasteiger partial charge in [0.1, 0.15) is 11.6 Å². The number of aliphatic carboxylic acids is 1. The normalized spacial score (nSPS) is 13.9. The molecule has 3 aromatic carbocycles. The van der Waals surface area contributed by atoms with Crippen LogP contribution in [0.2, 0.25) is 0 Å². The molecule has 0 bridgehead atoms. The minimum Gasteiger partial charge on any atom is -0.477 e. The number of nitriles is 1. The van der Waals surface area contributed by atoms with Crippen molar-refractivity contribution < 1.29 is 9.90 Å². The number of aryl methyl sites for hydroxylation is 2. The number of rotatable bonds is 4. The van der Waals surface area contributed by atoms with Crippen LogP contribution in [-0.2, 0) is 17.8 Å². The molecule has 0 unspecified atom stereocenters. The molecule has 1 N–H and O–H groups in total. The highest BCUT2D eigenvalue weighted by Crippen LogP contribution is 2.37. The van der Waals surface area contributed by atoms with Gasteiger partial charge in [-0.1, -0.05) is 30.3 Å². The summed E-state index contributed by atoms with van der Waals surface area (Å²) in [6.45, 7) is 4.01. The Hall–Kier alpha value is -4.04. The predicted octanol–water partition coefficient (Wildman–Crippen LogP) is 5.89. The van der Waals surface area contributed by atoms with Crippen molar-refractivity contribution in [1.82, 2.24) is 4.57 Å². The second-order valence-electron chi connectivity index (χ2n) is 8.08. The van der Waals surface area contributed by atoms with Crippen LogP contribution in [-0.4, -0.2) is 22.2 Å². The number of carboxylic acids is 1. The number of carbonyl (C=O) groups is 1. The molecule has 4 aromatic rings. The van der Waals surface area contributed by atoms with E-state index >= 15 is 0 Å². The fraction of sp³-hybridized carbons (Fsp3) is 0.185. The number of nitrogens with zero attached hydrogens (tertiary/aromatic N) is 3. The first-order valence-corrected chi connectivity index (χ1v) is 10.9. The van der Waals surface area contributed by atoms with Crippen molar-refractivity contribution in [2.45, 2.75) is 26.3 Å². The van der Waals surface area contributed by atoms with Gasteiger partial charge in [-0.05, 0) is 67.3 Å². The van der Waals surface area contributed by atoms with Gasteiger partial charge < -0.3 is 14.6 Å². The van der Waals surface area contributed by atoms with Crippen molar-refractivity contribution in [1.29, 1.82) is 5.26 Å². The number of hydrogen-bond donors (Lipinski definition) is 1. The van der Waals surface area contributed by atoms with Crippen molar-refractivity contribution in [2.24, 2.45) is 0 Å². The molecule has 32 heavy (non-hydrogen) atoms. The molecule has 0 amide bonds. The van der Waals surface area contributed by atoms with Crippen molar-refractivity contribution >= 4 is 45.2 Å². The molecule has 158 valence electrons. The Kier molecular flexibility index (Phi) is 4.91. The van der Waals surface area contributed by atoms with E-state index in [-0.39, 0.29) is 5.57 Å². The number of benzene rings is 3. The van der Waals surface area contributed by atoms with Gasteiger partial charge in [0.2, 0.25) is 0 Å². The average molecular weight is 422 g/mol. The van der Waals surface area contributed by atoms with E-state index in [1.165, 1.54) is 33.4 Å². The van der Waals surface area contributed by atoms with Crippen LogP contribution in [0.5, 0.6) is 0 Å². The zero-order valence-corrected chi connectivity index (χ0v) is 17.9. The maximum atomic E-state index is 11.2. The van der Waals surface area contributed by atoms with Crippen LogP contribution in [0.1, 0.15) is 24.5 Å². The SMILES string of the molecule is CCn1c2ccccc2c2ccc(N3CCCc4cc(C=C(C#N)C(=O)O)ccc43)cc21. The van der Waals surface area contributed by atoms with Gasteiger partial charge in [0.25, 0.3) is 0 Å². The molecule has 0 radical (unpaired) electrons. The van der Waals surface area contributed by atoms with Gasteiger partial charge in [0.15, 0.2) is 0 Å². The first-order chi connectivity index (χ1) is 15.6. The van der Waals surface area contributed by atoms with Gasteiger partial charge in [-0.25, -0.2) is 4.79 Å². The van der Waals surface area contributed by atoms with Crippen molar-refractivity contribution in [3.8, 4) is 6.07 Å². The molecule has 2 heterocycles. The lowest BCUT2D eigenvalue weighted by molar-refractivity contribution is -0.132. The van der Waals surface area contributed by atoms with E-state index in [2.05, 4.69) is 58.9 Å². The van der Waals surface area contributed by atoms with Crippen molar-refractivity contribution in [3.63, 3.8) is 0 Å². The molecule has 0 saturated carbocycles. The standard InChI is InChI=1S/C27H23N3O2/c1-2-29-25-8-4-3-7-22(25)23-11-10-21(16-26(23)29)30-13-5-6-19-14-18(9-12-24(19)30)15-20(17-28)27(31)32/h3-4,7-12,14-16H,2,5-6,13H2,1H3,(H,31,32).